The Hall–Kier alpha value is -2.17. The van der Waals surface area contributed by atoms with Crippen LogP contribution in [-0.4, -0.2) is 5.16 Å². The van der Waals surface area contributed by atoms with Crippen LogP contribution in [0.3, 0.4) is 0 Å². The zero-order chi connectivity index (χ0) is 8.81. The summed E-state index contributed by atoms with van der Waals surface area (Å²) in [5, 5.41) is 9.73. The number of azide groups is 1. The molecule has 8 nitrogen and oxygen atoms in total. The Balaban J connectivity index is 2.94. The van der Waals surface area contributed by atoms with Gasteiger partial charge in [-0.05, 0) is 11.1 Å². The molecule has 1 aromatic heterocycles. The van der Waals surface area contributed by atoms with Gasteiger partial charge in [-0.25, -0.2) is 0 Å². The van der Waals surface area contributed by atoms with Crippen LogP contribution >= 0.6 is 0 Å². The zero-order valence-electron chi connectivity index (χ0n) is 5.77. The first-order valence-corrected chi connectivity index (χ1v) is 2.87. The van der Waals surface area contributed by atoms with Crippen LogP contribution in [0.1, 0.15) is 11.9 Å². The molecule has 1 aromatic rings. The van der Waals surface area contributed by atoms with Crippen LogP contribution in [0.25, 0.3) is 20.9 Å². The monoisotopic (exact) mass is 165 g/mol. The van der Waals surface area contributed by atoms with Gasteiger partial charge in [0.2, 0.25) is 0 Å². The molecule has 0 fully saturated rings. The molecule has 0 aliphatic carbocycles. The maximum absolute atomic E-state index is 8.08. The largest absolute Gasteiger partial charge is 0.361 e. The highest BCUT2D eigenvalue weighted by Gasteiger charge is 2.09. The summed E-state index contributed by atoms with van der Waals surface area (Å²) in [6, 6.07) is 1.45. The van der Waals surface area contributed by atoms with Gasteiger partial charge in [-0.2, -0.15) is 0 Å². The number of hydrogen-bond donors (Lipinski definition) is 0. The molecule has 8 heteroatoms. The van der Waals surface area contributed by atoms with Gasteiger partial charge in [0.15, 0.2) is 11.9 Å². The van der Waals surface area contributed by atoms with Crippen molar-refractivity contribution in [3.63, 3.8) is 0 Å². The summed E-state index contributed by atoms with van der Waals surface area (Å²) in [7, 11) is 0. The minimum Gasteiger partial charge on any atom is -0.361 e. The van der Waals surface area contributed by atoms with E-state index in [0.717, 1.165) is 0 Å². The molecule has 0 spiro atoms. The van der Waals surface area contributed by atoms with Crippen LogP contribution in [0.15, 0.2) is 27.0 Å². The van der Waals surface area contributed by atoms with Crippen LogP contribution in [0, 0.1) is 0 Å². The predicted octanol–water partition coefficient (Wildman–Crippen LogP) is 2.29. The third-order valence-corrected chi connectivity index (χ3v) is 1.03. The average molecular weight is 165 g/mol. The van der Waals surface area contributed by atoms with Crippen molar-refractivity contribution < 1.29 is 4.52 Å². The van der Waals surface area contributed by atoms with Crippen molar-refractivity contribution in [3.05, 3.63) is 38.9 Å². The summed E-state index contributed by atoms with van der Waals surface area (Å²) in [5.41, 5.74) is 16.2. The van der Waals surface area contributed by atoms with E-state index in [0.29, 0.717) is 0 Å². The highest BCUT2D eigenvalue weighted by atomic mass is 16.5. The lowest BCUT2D eigenvalue weighted by Gasteiger charge is -1.94. The van der Waals surface area contributed by atoms with Gasteiger partial charge in [-0.3, -0.25) is 0 Å². The van der Waals surface area contributed by atoms with E-state index in [1.165, 1.54) is 12.3 Å². The standard InChI is InChI=1S/C4H3N7O/c5-10-8-4(9-11-6)3-1-2-7-12-3/h1-2,4H. The van der Waals surface area contributed by atoms with Crippen LogP contribution in [-0.2, 0) is 0 Å². The molecule has 0 aliphatic heterocycles. The minimum absolute atomic E-state index is 0.214. The topological polar surface area (TPSA) is 124 Å². The summed E-state index contributed by atoms with van der Waals surface area (Å²) in [6.45, 7) is 0. The zero-order valence-corrected chi connectivity index (χ0v) is 5.77. The second-order valence-electron chi connectivity index (χ2n) is 1.70. The fourth-order valence-electron chi connectivity index (χ4n) is 0.594. The fraction of sp³-hybridized carbons (Fsp3) is 0.250. The third kappa shape index (κ3) is 1.66. The molecule has 1 heterocycles. The smallest absolute Gasteiger partial charge is 0.176 e. The lowest BCUT2D eigenvalue weighted by atomic mass is 10.4. The Labute approximate surface area is 66.0 Å². The first-order valence-electron chi connectivity index (χ1n) is 2.87. The van der Waals surface area contributed by atoms with Crippen molar-refractivity contribution in [2.24, 2.45) is 10.2 Å². The molecule has 0 N–H and O–H groups in total. The molecule has 1 rings (SSSR count). The van der Waals surface area contributed by atoms with Crippen molar-refractivity contribution in [3.8, 4) is 0 Å². The quantitative estimate of drug-likeness (QED) is 0.387. The van der Waals surface area contributed by atoms with E-state index in [1.54, 1.807) is 0 Å². The summed E-state index contributed by atoms with van der Waals surface area (Å²) in [5.74, 6) is 0.214. The van der Waals surface area contributed by atoms with E-state index in [9.17, 15) is 0 Å². The Bertz CT molecular complexity index is 312. The van der Waals surface area contributed by atoms with Gasteiger partial charge >= 0.3 is 0 Å². The second kappa shape index (κ2) is 3.87. The molecule has 60 valence electrons. The van der Waals surface area contributed by atoms with Gasteiger partial charge in [0.05, 0.1) is 6.20 Å². The van der Waals surface area contributed by atoms with Gasteiger partial charge in [0.25, 0.3) is 0 Å². The number of rotatable bonds is 3. The first kappa shape index (κ1) is 7.93. The maximum atomic E-state index is 8.08. The van der Waals surface area contributed by atoms with Crippen molar-refractivity contribution in [2.45, 2.75) is 6.17 Å². The van der Waals surface area contributed by atoms with E-state index in [1.807, 2.05) is 0 Å². The average Bonchev–Trinajstić information content (AvgIpc) is 2.56. The Morgan fingerprint density at radius 2 is 2.08 bits per heavy atom. The van der Waals surface area contributed by atoms with E-state index < -0.39 is 6.17 Å². The van der Waals surface area contributed by atoms with Crippen LogP contribution in [0.2, 0.25) is 0 Å². The third-order valence-electron chi connectivity index (χ3n) is 1.03. The normalized spacial score (nSPS) is 11.0. The second-order valence-corrected chi connectivity index (χ2v) is 1.70. The summed E-state index contributed by atoms with van der Waals surface area (Å²) in [4.78, 5) is 4.97. The van der Waals surface area contributed by atoms with Crippen molar-refractivity contribution in [2.75, 3.05) is 0 Å². The molecule has 0 atom stereocenters. The van der Waals surface area contributed by atoms with Crippen LogP contribution in [0.5, 0.6) is 0 Å². The lowest BCUT2D eigenvalue weighted by Crippen LogP contribution is -1.84. The fourth-order valence-corrected chi connectivity index (χ4v) is 0.594. The van der Waals surface area contributed by atoms with Gasteiger partial charge in [-0.15, -0.1) is 0 Å². The van der Waals surface area contributed by atoms with E-state index in [-0.39, 0.29) is 5.76 Å². The molecule has 0 saturated carbocycles. The summed E-state index contributed by atoms with van der Waals surface area (Å²) >= 11 is 0. The highest BCUT2D eigenvalue weighted by molar-refractivity contribution is 4.99. The molecule has 0 aromatic carbocycles. The highest BCUT2D eigenvalue weighted by Crippen LogP contribution is 2.17. The molecule has 0 unspecified atom stereocenters. The van der Waals surface area contributed by atoms with Crippen LogP contribution < -0.4 is 0 Å². The molecule has 0 saturated heterocycles. The number of hydrogen-bond acceptors (Lipinski definition) is 4. The summed E-state index contributed by atoms with van der Waals surface area (Å²) in [6.07, 6.45) is 0.366. The molecule has 0 amide bonds. The van der Waals surface area contributed by atoms with Gasteiger partial charge in [-0.1, -0.05) is 15.4 Å². The van der Waals surface area contributed by atoms with E-state index in [2.05, 4.69) is 29.7 Å². The summed E-state index contributed by atoms with van der Waals surface area (Å²) < 4.78 is 4.62. The molecular weight excluding hydrogens is 162 g/mol. The first-order chi connectivity index (χ1) is 5.88. The van der Waals surface area contributed by atoms with Crippen molar-refractivity contribution in [1.82, 2.24) is 5.16 Å². The predicted molar refractivity (Wildman–Crippen MR) is 37.5 cm³/mol. The Morgan fingerprint density at radius 1 is 1.42 bits per heavy atom. The lowest BCUT2D eigenvalue weighted by molar-refractivity contribution is 0.363. The molecular formula is C4H3N7O. The molecule has 0 radical (unpaired) electrons. The molecule has 12 heavy (non-hydrogen) atoms. The Morgan fingerprint density at radius 3 is 2.50 bits per heavy atom. The Kier molecular flexibility index (Phi) is 2.56. The maximum Gasteiger partial charge on any atom is 0.176 e. The van der Waals surface area contributed by atoms with Crippen LogP contribution in [0.4, 0.5) is 0 Å². The van der Waals surface area contributed by atoms with Gasteiger partial charge in [0, 0.05) is 15.9 Å². The SMILES string of the molecule is [N-]=[N+]=NC(N=[N+]=[N-])c1ccno1. The molecule has 0 aliphatic rings. The number of nitrogens with zero attached hydrogens (tertiary/aromatic N) is 7. The van der Waals surface area contributed by atoms with E-state index >= 15 is 0 Å². The van der Waals surface area contributed by atoms with Crippen molar-refractivity contribution in [1.29, 1.82) is 0 Å². The minimum atomic E-state index is -0.998. The number of aromatic nitrogens is 1. The van der Waals surface area contributed by atoms with E-state index in [4.69, 9.17) is 11.1 Å². The van der Waals surface area contributed by atoms with Gasteiger partial charge in [0.1, 0.15) is 0 Å². The van der Waals surface area contributed by atoms with Crippen molar-refractivity contribution >= 4 is 0 Å². The van der Waals surface area contributed by atoms with Gasteiger partial charge < -0.3 is 4.52 Å². The molecule has 0 bridgehead atoms.